The van der Waals surface area contributed by atoms with E-state index in [1.807, 2.05) is 71.6 Å². The number of carboxylic acid groups (broad SMARTS) is 2. The lowest BCUT2D eigenvalue weighted by Gasteiger charge is -2.35. The number of aliphatic carboxylic acids is 2. The van der Waals surface area contributed by atoms with E-state index in [1.165, 1.54) is 0 Å². The van der Waals surface area contributed by atoms with Gasteiger partial charge in [0.05, 0.1) is 32.6 Å². The molecule has 1 heterocycles. The summed E-state index contributed by atoms with van der Waals surface area (Å²) in [5, 5.41) is 18.6. The zero-order valence-corrected chi connectivity index (χ0v) is 23.3. The molecule has 0 saturated carbocycles. The lowest BCUT2D eigenvalue weighted by molar-refractivity contribution is -0.145. The fraction of sp³-hybridized carbons (Fsp3) is 0.375. The van der Waals surface area contributed by atoms with Crippen molar-refractivity contribution in [1.29, 1.82) is 0 Å². The van der Waals surface area contributed by atoms with E-state index in [4.69, 9.17) is 24.1 Å². The number of rotatable bonds is 16. The van der Waals surface area contributed by atoms with Gasteiger partial charge in [-0.25, -0.2) is 4.79 Å². The van der Waals surface area contributed by atoms with Gasteiger partial charge in [0.15, 0.2) is 11.5 Å². The molecule has 1 unspecified atom stereocenters. The topological polar surface area (TPSA) is 115 Å². The van der Waals surface area contributed by atoms with Crippen LogP contribution in [-0.2, 0) is 22.4 Å². The van der Waals surface area contributed by atoms with Crippen LogP contribution in [-0.4, -0.2) is 61.7 Å². The molecule has 0 amide bonds. The number of benzene rings is 3. The third-order valence-electron chi connectivity index (χ3n) is 6.90. The highest BCUT2D eigenvalue weighted by Crippen LogP contribution is 2.37. The second-order valence-electron chi connectivity index (χ2n) is 9.85. The summed E-state index contributed by atoms with van der Waals surface area (Å²) < 4.78 is 22.9. The largest absolute Gasteiger partial charge is 0.494 e. The molecule has 0 fully saturated rings. The Kier molecular flexibility index (Phi) is 10.7. The molecule has 1 aliphatic rings. The Bertz CT molecular complexity index is 1290. The maximum Gasteiger partial charge on any atom is 0.346 e. The number of methoxy groups -OCH3 is 1. The van der Waals surface area contributed by atoms with Gasteiger partial charge in [-0.05, 0) is 73.6 Å². The fourth-order valence-electron chi connectivity index (χ4n) is 4.74. The molecule has 0 aliphatic carbocycles. The second-order valence-corrected chi connectivity index (χ2v) is 9.85. The quantitative estimate of drug-likeness (QED) is 0.226. The Morgan fingerprint density at radius 1 is 0.878 bits per heavy atom. The van der Waals surface area contributed by atoms with Crippen LogP contribution in [0.15, 0.2) is 66.7 Å². The monoisotopic (exact) mass is 563 g/mol. The number of hydrogen-bond acceptors (Lipinski definition) is 7. The number of hydrogen-bond donors (Lipinski definition) is 2. The van der Waals surface area contributed by atoms with Crippen molar-refractivity contribution in [3.8, 4) is 23.0 Å². The molecule has 0 spiro atoms. The Labute approximate surface area is 240 Å². The standard InChI is InChI=1S/C32H37NO8/c1-38-27-10-2-3-11-28(27)40-21-5-4-20-39-25-17-14-23(15-18-25)13-16-24-8-6-9-26-31(24)41-29(32(36)37)22-33(26)19-7-12-30(34)35/h2-3,6,8-11,14-15,17-18,29H,4-5,7,12-13,16,19-22H2,1H3,(H,34,35)(H,36,37). The van der Waals surface area contributed by atoms with Crippen molar-refractivity contribution in [2.24, 2.45) is 0 Å². The molecule has 1 atom stereocenters. The highest BCUT2D eigenvalue weighted by atomic mass is 16.5. The van der Waals surface area contributed by atoms with Crippen molar-refractivity contribution in [2.45, 2.75) is 44.6 Å². The number of para-hydroxylation sites is 3. The molecule has 41 heavy (non-hydrogen) atoms. The number of anilines is 1. The molecular formula is C32H37NO8. The molecule has 0 saturated heterocycles. The van der Waals surface area contributed by atoms with Gasteiger partial charge in [0.1, 0.15) is 11.5 Å². The number of carbonyl (C=O) groups is 2. The summed E-state index contributed by atoms with van der Waals surface area (Å²) >= 11 is 0. The number of unbranched alkanes of at least 4 members (excludes halogenated alkanes) is 1. The van der Waals surface area contributed by atoms with Crippen molar-refractivity contribution in [3.63, 3.8) is 0 Å². The SMILES string of the molecule is COc1ccccc1OCCCCOc1ccc(CCc2cccc3c2OC(C(=O)O)CN3CCCC(=O)O)cc1. The van der Waals surface area contributed by atoms with E-state index in [9.17, 15) is 14.7 Å². The molecule has 1 aliphatic heterocycles. The predicted octanol–water partition coefficient (Wildman–Crippen LogP) is 5.24. The van der Waals surface area contributed by atoms with Gasteiger partial charge < -0.3 is 34.1 Å². The number of fused-ring (bicyclic) bond motifs is 1. The van der Waals surface area contributed by atoms with Gasteiger partial charge in [0.25, 0.3) is 0 Å². The maximum absolute atomic E-state index is 11.8. The Balaban J connectivity index is 1.26. The molecule has 9 heteroatoms. The lowest BCUT2D eigenvalue weighted by Crippen LogP contribution is -2.45. The van der Waals surface area contributed by atoms with Crippen molar-refractivity contribution >= 4 is 17.6 Å². The van der Waals surface area contributed by atoms with E-state index in [-0.39, 0.29) is 13.0 Å². The molecule has 4 rings (SSSR count). The molecule has 0 bridgehead atoms. The molecule has 3 aromatic carbocycles. The van der Waals surface area contributed by atoms with Crippen LogP contribution >= 0.6 is 0 Å². The summed E-state index contributed by atoms with van der Waals surface area (Å²) in [7, 11) is 1.63. The van der Waals surface area contributed by atoms with Gasteiger partial charge in [-0.2, -0.15) is 0 Å². The maximum atomic E-state index is 11.8. The Hall–Kier alpha value is -4.40. The van der Waals surface area contributed by atoms with Crippen LogP contribution in [0, 0.1) is 0 Å². The minimum Gasteiger partial charge on any atom is -0.494 e. The van der Waals surface area contributed by atoms with Gasteiger partial charge in [0.2, 0.25) is 6.10 Å². The summed E-state index contributed by atoms with van der Waals surface area (Å²) in [6.07, 6.45) is 2.60. The number of carboxylic acids is 2. The first-order valence-electron chi connectivity index (χ1n) is 13.9. The zero-order chi connectivity index (χ0) is 29.0. The highest BCUT2D eigenvalue weighted by Gasteiger charge is 2.31. The third-order valence-corrected chi connectivity index (χ3v) is 6.90. The molecule has 3 aromatic rings. The first-order chi connectivity index (χ1) is 19.9. The fourth-order valence-corrected chi connectivity index (χ4v) is 4.74. The van der Waals surface area contributed by atoms with Crippen LogP contribution in [0.4, 0.5) is 5.69 Å². The summed E-state index contributed by atoms with van der Waals surface area (Å²) in [5.41, 5.74) is 2.86. The summed E-state index contributed by atoms with van der Waals surface area (Å²) in [6, 6.07) is 21.4. The van der Waals surface area contributed by atoms with Crippen molar-refractivity contribution < 1.29 is 38.7 Å². The Morgan fingerprint density at radius 3 is 2.32 bits per heavy atom. The van der Waals surface area contributed by atoms with Crippen molar-refractivity contribution in [1.82, 2.24) is 0 Å². The van der Waals surface area contributed by atoms with Gasteiger partial charge in [-0.15, -0.1) is 0 Å². The minimum absolute atomic E-state index is 0.0299. The predicted molar refractivity (Wildman–Crippen MR) is 155 cm³/mol. The van der Waals surface area contributed by atoms with E-state index >= 15 is 0 Å². The Morgan fingerprint density at radius 2 is 1.61 bits per heavy atom. The average molecular weight is 564 g/mol. The highest BCUT2D eigenvalue weighted by molar-refractivity contribution is 5.77. The van der Waals surface area contributed by atoms with Gasteiger partial charge >= 0.3 is 11.9 Å². The molecule has 2 N–H and O–H groups in total. The molecule has 9 nitrogen and oxygen atoms in total. The van der Waals surface area contributed by atoms with Crippen LogP contribution in [0.3, 0.4) is 0 Å². The number of ether oxygens (including phenoxy) is 4. The molecular weight excluding hydrogens is 526 g/mol. The summed E-state index contributed by atoms with van der Waals surface area (Å²) in [4.78, 5) is 24.6. The first-order valence-corrected chi connectivity index (χ1v) is 13.9. The van der Waals surface area contributed by atoms with E-state index in [0.717, 1.165) is 53.3 Å². The van der Waals surface area contributed by atoms with Crippen LogP contribution in [0.25, 0.3) is 0 Å². The normalized spacial score (nSPS) is 14.1. The van der Waals surface area contributed by atoms with Gasteiger partial charge in [0, 0.05) is 13.0 Å². The minimum atomic E-state index is -1.03. The first kappa shape index (κ1) is 29.6. The van der Waals surface area contributed by atoms with Crippen LogP contribution in [0.1, 0.15) is 36.8 Å². The van der Waals surface area contributed by atoms with Crippen LogP contribution in [0.5, 0.6) is 23.0 Å². The van der Waals surface area contributed by atoms with Crippen molar-refractivity contribution in [2.75, 3.05) is 38.3 Å². The average Bonchev–Trinajstić information content (AvgIpc) is 2.98. The smallest absolute Gasteiger partial charge is 0.346 e. The molecule has 218 valence electrons. The third kappa shape index (κ3) is 8.54. The van der Waals surface area contributed by atoms with E-state index in [0.29, 0.717) is 38.3 Å². The van der Waals surface area contributed by atoms with Crippen molar-refractivity contribution in [3.05, 3.63) is 77.9 Å². The van der Waals surface area contributed by atoms with Gasteiger partial charge in [-0.1, -0.05) is 36.4 Å². The summed E-state index contributed by atoms with van der Waals surface area (Å²) in [5.74, 6) is 0.936. The zero-order valence-electron chi connectivity index (χ0n) is 23.3. The number of nitrogens with zero attached hydrogens (tertiary/aromatic N) is 1. The van der Waals surface area contributed by atoms with Gasteiger partial charge in [-0.3, -0.25) is 4.79 Å². The van der Waals surface area contributed by atoms with Crippen LogP contribution in [0.2, 0.25) is 0 Å². The number of aryl methyl sites for hydroxylation is 2. The molecule has 0 radical (unpaired) electrons. The lowest BCUT2D eigenvalue weighted by atomic mass is 10.0. The summed E-state index contributed by atoms with van der Waals surface area (Å²) in [6.45, 7) is 1.81. The van der Waals surface area contributed by atoms with E-state index in [1.54, 1.807) is 7.11 Å². The van der Waals surface area contributed by atoms with E-state index in [2.05, 4.69) is 0 Å². The molecule has 0 aromatic heterocycles. The van der Waals surface area contributed by atoms with Crippen LogP contribution < -0.4 is 23.8 Å². The second kappa shape index (κ2) is 14.8. The van der Waals surface area contributed by atoms with E-state index < -0.39 is 18.0 Å².